The summed E-state index contributed by atoms with van der Waals surface area (Å²) in [4.78, 5) is 16.8. The van der Waals surface area contributed by atoms with Crippen molar-refractivity contribution in [2.24, 2.45) is 0 Å². The Balaban J connectivity index is 1.21. The van der Waals surface area contributed by atoms with Crippen molar-refractivity contribution in [2.45, 2.75) is 19.5 Å². The first kappa shape index (κ1) is 25.1. The number of piperazine rings is 1. The molecule has 9 heteroatoms. The van der Waals surface area contributed by atoms with Crippen LogP contribution in [0.3, 0.4) is 0 Å². The minimum Gasteiger partial charge on any atom is -0.494 e. The van der Waals surface area contributed by atoms with Gasteiger partial charge in [0.15, 0.2) is 0 Å². The lowest BCUT2D eigenvalue weighted by Gasteiger charge is -2.35. The van der Waals surface area contributed by atoms with Crippen LogP contribution in [0.25, 0.3) is 10.1 Å². The van der Waals surface area contributed by atoms with Crippen LogP contribution in [0.5, 0.6) is 5.75 Å². The molecule has 1 aliphatic rings. The minimum absolute atomic E-state index is 0.164. The summed E-state index contributed by atoms with van der Waals surface area (Å²) in [6.07, 6.45) is 0.118. The quantitative estimate of drug-likeness (QED) is 0.424. The van der Waals surface area contributed by atoms with Crippen LogP contribution in [-0.4, -0.2) is 50.1 Å². The Morgan fingerprint density at radius 1 is 1.11 bits per heavy atom. The average Bonchev–Trinajstić information content (AvgIpc) is 3.28. The van der Waals surface area contributed by atoms with Crippen LogP contribution in [0.2, 0.25) is 0 Å². The fourth-order valence-electron chi connectivity index (χ4n) is 4.08. The Labute approximate surface area is 206 Å². The third kappa shape index (κ3) is 6.35. The molecule has 3 aromatic rings. The number of alkyl halides is 3. The van der Waals surface area contributed by atoms with Crippen LogP contribution in [0, 0.1) is 0 Å². The van der Waals surface area contributed by atoms with E-state index < -0.39 is 11.7 Å². The molecule has 4 rings (SSSR count). The maximum Gasteiger partial charge on any atom is 0.416 e. The van der Waals surface area contributed by atoms with E-state index in [1.165, 1.54) is 17.4 Å². The highest BCUT2D eigenvalue weighted by molar-refractivity contribution is 7.17. The van der Waals surface area contributed by atoms with E-state index in [1.807, 2.05) is 18.4 Å². The molecule has 0 atom stereocenters. The number of halogens is 3. The number of thiophene rings is 1. The van der Waals surface area contributed by atoms with E-state index in [4.69, 9.17) is 4.74 Å². The number of ether oxygens (including phenoxy) is 1. The van der Waals surface area contributed by atoms with Gasteiger partial charge in [0.05, 0.1) is 17.9 Å². The summed E-state index contributed by atoms with van der Waals surface area (Å²) in [6, 6.07) is 11.0. The van der Waals surface area contributed by atoms with Crippen molar-refractivity contribution in [1.29, 1.82) is 0 Å². The number of nitrogens with one attached hydrogen (secondary N) is 1. The number of carbonyl (C=O) groups excluding carboxylic acids is 1. The first-order valence-corrected chi connectivity index (χ1v) is 12.5. The molecule has 1 N–H and O–H groups in total. The van der Waals surface area contributed by atoms with Crippen LogP contribution in [0.1, 0.15) is 29.3 Å². The highest BCUT2D eigenvalue weighted by Gasteiger charge is 2.31. The third-order valence-corrected chi connectivity index (χ3v) is 6.90. The molecule has 1 saturated heterocycles. The smallest absolute Gasteiger partial charge is 0.416 e. The molecule has 2 heterocycles. The van der Waals surface area contributed by atoms with E-state index in [1.54, 1.807) is 36.5 Å². The zero-order chi connectivity index (χ0) is 24.8. The summed E-state index contributed by atoms with van der Waals surface area (Å²) in [5, 5.41) is 5.62. The summed E-state index contributed by atoms with van der Waals surface area (Å²) in [5.74, 6) is 0.575. The Hall–Kier alpha value is -3.04. The Morgan fingerprint density at radius 3 is 2.54 bits per heavy atom. The molecule has 5 nitrogen and oxygen atoms in total. The van der Waals surface area contributed by atoms with Gasteiger partial charge in [-0.1, -0.05) is 12.1 Å². The summed E-state index contributed by atoms with van der Waals surface area (Å²) in [5.41, 5.74) is 0.979. The molecular formula is C26H28F3N3O2S. The molecule has 35 heavy (non-hydrogen) atoms. The Morgan fingerprint density at radius 2 is 1.86 bits per heavy atom. The van der Waals surface area contributed by atoms with E-state index in [0.717, 1.165) is 62.0 Å². The normalized spacial score (nSPS) is 15.1. The van der Waals surface area contributed by atoms with Crippen molar-refractivity contribution in [3.05, 3.63) is 71.2 Å². The Bertz CT molecular complexity index is 1170. The molecule has 1 aromatic heterocycles. The molecule has 1 fully saturated rings. The fraction of sp³-hybridized carbons (Fsp3) is 0.346. The van der Waals surface area contributed by atoms with Crippen molar-refractivity contribution in [2.75, 3.05) is 44.2 Å². The van der Waals surface area contributed by atoms with Crippen molar-refractivity contribution in [3.63, 3.8) is 0 Å². The second kappa shape index (κ2) is 11.1. The lowest BCUT2D eigenvalue weighted by atomic mass is 10.1. The number of fused-ring (bicyclic) bond motifs is 1. The summed E-state index contributed by atoms with van der Waals surface area (Å²) in [6.45, 7) is 6.78. The molecule has 0 saturated carbocycles. The number of benzene rings is 2. The van der Waals surface area contributed by atoms with Crippen LogP contribution in [0.4, 0.5) is 18.9 Å². The highest BCUT2D eigenvalue weighted by atomic mass is 32.1. The van der Waals surface area contributed by atoms with Crippen molar-refractivity contribution < 1.29 is 22.7 Å². The molecule has 0 bridgehead atoms. The van der Waals surface area contributed by atoms with Gasteiger partial charge >= 0.3 is 6.18 Å². The zero-order valence-electron chi connectivity index (χ0n) is 19.5. The molecule has 186 valence electrons. The third-order valence-electron chi connectivity index (χ3n) is 5.97. The van der Waals surface area contributed by atoms with Gasteiger partial charge in [-0.25, -0.2) is 0 Å². The topological polar surface area (TPSA) is 44.8 Å². The highest BCUT2D eigenvalue weighted by Crippen LogP contribution is 2.38. The van der Waals surface area contributed by atoms with Crippen molar-refractivity contribution >= 4 is 33.0 Å². The molecule has 2 aromatic carbocycles. The molecule has 1 aliphatic heterocycles. The van der Waals surface area contributed by atoms with Gasteiger partial charge in [0, 0.05) is 60.0 Å². The summed E-state index contributed by atoms with van der Waals surface area (Å²) < 4.78 is 45.0. The first-order valence-electron chi connectivity index (χ1n) is 11.6. The standard InChI is InChI=1S/C26H28F3N3O2S/c1-2-34-21-8-5-19(6-9-21)25(33)30-11-3-4-12-31-13-15-32(16-14-31)23-18-35-24-17-20(26(27,28)29)7-10-22(23)24/h3,5-11,17-18H,2,4,12-16H2,1H3,(H,30,33)/b11-3+. The maximum absolute atomic E-state index is 13.0. The number of carbonyl (C=O) groups is 1. The summed E-state index contributed by atoms with van der Waals surface area (Å²) >= 11 is 1.36. The first-order chi connectivity index (χ1) is 16.8. The number of hydrogen-bond donors (Lipinski definition) is 1. The molecule has 1 amide bonds. The summed E-state index contributed by atoms with van der Waals surface area (Å²) in [7, 11) is 0. The van der Waals surface area contributed by atoms with Gasteiger partial charge < -0.3 is 15.0 Å². The van der Waals surface area contributed by atoms with Crippen LogP contribution < -0.4 is 15.0 Å². The van der Waals surface area contributed by atoms with E-state index in [2.05, 4.69) is 15.1 Å². The maximum atomic E-state index is 13.0. The van der Waals surface area contributed by atoms with E-state index in [9.17, 15) is 18.0 Å². The lowest BCUT2D eigenvalue weighted by molar-refractivity contribution is -0.137. The van der Waals surface area contributed by atoms with E-state index in [-0.39, 0.29) is 5.91 Å². The molecule has 0 radical (unpaired) electrons. The Kier molecular flexibility index (Phi) is 7.97. The average molecular weight is 504 g/mol. The predicted molar refractivity (Wildman–Crippen MR) is 134 cm³/mol. The van der Waals surface area contributed by atoms with Gasteiger partial charge in [-0.05, 0) is 49.7 Å². The molecule has 0 aliphatic carbocycles. The largest absolute Gasteiger partial charge is 0.494 e. The van der Waals surface area contributed by atoms with Gasteiger partial charge in [0.1, 0.15) is 5.75 Å². The SMILES string of the molecule is CCOc1ccc(C(=O)N/C=C/CCN2CCN(c3csc4cc(C(F)(F)F)ccc34)CC2)cc1. The van der Waals surface area contributed by atoms with Crippen molar-refractivity contribution in [1.82, 2.24) is 10.2 Å². The van der Waals surface area contributed by atoms with Gasteiger partial charge in [0.25, 0.3) is 5.91 Å². The van der Waals surface area contributed by atoms with Gasteiger partial charge in [0.2, 0.25) is 0 Å². The monoisotopic (exact) mass is 503 g/mol. The number of hydrogen-bond acceptors (Lipinski definition) is 5. The predicted octanol–water partition coefficient (Wildman–Crippen LogP) is 5.77. The minimum atomic E-state index is -4.32. The van der Waals surface area contributed by atoms with E-state index >= 15 is 0 Å². The molecule has 0 spiro atoms. The fourth-order valence-corrected chi connectivity index (χ4v) is 5.08. The molecular weight excluding hydrogens is 475 g/mol. The number of rotatable bonds is 8. The van der Waals surface area contributed by atoms with Crippen LogP contribution in [-0.2, 0) is 6.18 Å². The zero-order valence-corrected chi connectivity index (χ0v) is 20.3. The van der Waals surface area contributed by atoms with Gasteiger partial charge in [-0.3, -0.25) is 9.69 Å². The number of amides is 1. The molecule has 0 unspecified atom stereocenters. The lowest BCUT2D eigenvalue weighted by Crippen LogP contribution is -2.46. The van der Waals surface area contributed by atoms with Gasteiger partial charge in [-0.15, -0.1) is 11.3 Å². The number of nitrogens with zero attached hydrogens (tertiary/aromatic N) is 2. The van der Waals surface area contributed by atoms with E-state index in [0.29, 0.717) is 16.9 Å². The van der Waals surface area contributed by atoms with Crippen LogP contribution in [0.15, 0.2) is 60.1 Å². The van der Waals surface area contributed by atoms with Crippen LogP contribution >= 0.6 is 11.3 Å². The second-order valence-electron chi connectivity index (χ2n) is 8.28. The van der Waals surface area contributed by atoms with Gasteiger partial charge in [-0.2, -0.15) is 13.2 Å². The number of anilines is 1. The second-order valence-corrected chi connectivity index (χ2v) is 9.19. The van der Waals surface area contributed by atoms with Crippen molar-refractivity contribution in [3.8, 4) is 5.75 Å².